The summed E-state index contributed by atoms with van der Waals surface area (Å²) in [6.45, 7) is 3.79. The summed E-state index contributed by atoms with van der Waals surface area (Å²) in [7, 11) is 6.03. The van der Waals surface area contributed by atoms with Crippen LogP contribution in [-0.2, 0) is 25.3 Å². The van der Waals surface area contributed by atoms with E-state index in [4.69, 9.17) is 19.8 Å². The molecule has 4 heterocycles. The summed E-state index contributed by atoms with van der Waals surface area (Å²) in [6.07, 6.45) is 2.97. The number of aromatic nitrogens is 5. The molecule has 3 aromatic heterocycles. The van der Waals surface area contributed by atoms with E-state index in [1.807, 2.05) is 24.8 Å². The van der Waals surface area contributed by atoms with Gasteiger partial charge >= 0.3 is 0 Å². The summed E-state index contributed by atoms with van der Waals surface area (Å²) in [5, 5.41) is 13.9. The second kappa shape index (κ2) is 9.84. The van der Waals surface area contributed by atoms with Gasteiger partial charge in [-0.15, -0.1) is 0 Å². The molecule has 5 aromatic rings. The number of likely N-dealkylation sites (N-methyl/N-ethyl adjacent to an activating group) is 1. The molecule has 0 spiro atoms. The molecule has 37 heavy (non-hydrogen) atoms. The Hall–Kier alpha value is -3.95. The first-order chi connectivity index (χ1) is 18.1. The van der Waals surface area contributed by atoms with Gasteiger partial charge in [-0.25, -0.2) is 4.98 Å². The third-order valence-corrected chi connectivity index (χ3v) is 7.00. The monoisotopic (exact) mass is 496 g/mol. The summed E-state index contributed by atoms with van der Waals surface area (Å²) < 4.78 is 9.65. The zero-order chi connectivity index (χ0) is 25.4. The lowest BCUT2D eigenvalue weighted by molar-refractivity contribution is 0.122. The number of hydrogen-bond donors (Lipinski definition) is 2. The number of anilines is 3. The number of rotatable bonds is 7. The summed E-state index contributed by atoms with van der Waals surface area (Å²) in [4.78, 5) is 12.1. The van der Waals surface area contributed by atoms with E-state index in [0.717, 1.165) is 60.0 Å². The lowest BCUT2D eigenvalue weighted by Gasteiger charge is -2.27. The molecule has 0 amide bonds. The Bertz CT molecular complexity index is 1560. The minimum atomic E-state index is 0.677. The normalized spacial score (nSPS) is 14.1. The number of hydrogen-bond acceptors (Lipinski definition) is 7. The third-order valence-electron chi connectivity index (χ3n) is 7.00. The van der Waals surface area contributed by atoms with Crippen LogP contribution >= 0.6 is 0 Å². The predicted molar refractivity (Wildman–Crippen MR) is 149 cm³/mol. The molecular formula is C28H32N8O. The van der Waals surface area contributed by atoms with Gasteiger partial charge in [0.1, 0.15) is 5.82 Å². The SMILES string of the molecule is CNCCc1nn(C)c2cc(-c3cc(Nc4ccc5ccn(C)c5c4)nc(N4CCOCC4)n3)ccc12. The molecule has 0 saturated carbocycles. The van der Waals surface area contributed by atoms with Crippen LogP contribution in [0.15, 0.2) is 54.7 Å². The summed E-state index contributed by atoms with van der Waals surface area (Å²) in [6, 6.07) is 17.0. The van der Waals surface area contributed by atoms with Gasteiger partial charge in [-0.05, 0) is 36.7 Å². The minimum Gasteiger partial charge on any atom is -0.378 e. The Morgan fingerprint density at radius 2 is 1.81 bits per heavy atom. The van der Waals surface area contributed by atoms with Crippen LogP contribution in [0.1, 0.15) is 5.69 Å². The Morgan fingerprint density at radius 1 is 0.946 bits per heavy atom. The van der Waals surface area contributed by atoms with Crippen molar-refractivity contribution in [2.75, 3.05) is 50.1 Å². The standard InChI is InChI=1S/C28H32N8O/c1-29-10-8-23-22-7-5-20(16-26(22)35(3)33-23)24-18-27(32-28(31-24)36-12-14-37-15-13-36)30-21-6-4-19-9-11-34(2)25(19)17-21/h4-7,9,11,16-18,29H,8,10,12-15H2,1-3H3,(H,30,31,32). The topological polar surface area (TPSA) is 85.1 Å². The number of aryl methyl sites for hydroxylation is 2. The van der Waals surface area contributed by atoms with Gasteiger partial charge < -0.3 is 24.8 Å². The Morgan fingerprint density at radius 3 is 2.65 bits per heavy atom. The minimum absolute atomic E-state index is 0.677. The van der Waals surface area contributed by atoms with E-state index < -0.39 is 0 Å². The summed E-state index contributed by atoms with van der Waals surface area (Å²) >= 11 is 0. The number of nitrogens with one attached hydrogen (secondary N) is 2. The Balaban J connectivity index is 1.40. The molecule has 9 heteroatoms. The van der Waals surface area contributed by atoms with Gasteiger partial charge in [0, 0.05) is 74.6 Å². The maximum absolute atomic E-state index is 5.57. The van der Waals surface area contributed by atoms with E-state index in [0.29, 0.717) is 19.2 Å². The van der Waals surface area contributed by atoms with Crippen molar-refractivity contribution in [2.45, 2.75) is 6.42 Å². The molecule has 0 atom stereocenters. The molecular weight excluding hydrogens is 464 g/mol. The van der Waals surface area contributed by atoms with Crippen molar-refractivity contribution in [3.63, 3.8) is 0 Å². The summed E-state index contributed by atoms with van der Waals surface area (Å²) in [5.74, 6) is 1.47. The molecule has 2 aromatic carbocycles. The molecule has 190 valence electrons. The number of nitrogens with zero attached hydrogens (tertiary/aromatic N) is 6. The number of ether oxygens (including phenoxy) is 1. The van der Waals surface area contributed by atoms with Gasteiger partial charge in [-0.3, -0.25) is 4.68 Å². The average molecular weight is 497 g/mol. The van der Waals surface area contributed by atoms with Crippen molar-refractivity contribution in [3.05, 3.63) is 60.4 Å². The number of morpholine rings is 1. The molecule has 0 bridgehead atoms. The van der Waals surface area contributed by atoms with Crippen LogP contribution in [-0.4, -0.2) is 64.2 Å². The molecule has 2 N–H and O–H groups in total. The molecule has 1 aliphatic rings. The molecule has 6 rings (SSSR count). The Labute approximate surface area is 216 Å². The van der Waals surface area contributed by atoms with Gasteiger partial charge in [0.25, 0.3) is 0 Å². The smallest absolute Gasteiger partial charge is 0.228 e. The fourth-order valence-corrected chi connectivity index (χ4v) is 4.96. The fraction of sp³-hybridized carbons (Fsp3) is 0.321. The lowest BCUT2D eigenvalue weighted by Crippen LogP contribution is -2.37. The second-order valence-corrected chi connectivity index (χ2v) is 9.52. The molecule has 0 radical (unpaired) electrons. The summed E-state index contributed by atoms with van der Waals surface area (Å²) in [5.41, 5.74) is 6.27. The zero-order valence-electron chi connectivity index (χ0n) is 21.5. The molecule has 1 aliphatic heterocycles. The van der Waals surface area contributed by atoms with Crippen LogP contribution in [0.4, 0.5) is 17.5 Å². The third kappa shape index (κ3) is 4.63. The highest BCUT2D eigenvalue weighted by Crippen LogP contribution is 2.30. The molecule has 1 saturated heterocycles. The van der Waals surface area contributed by atoms with Crippen LogP contribution < -0.4 is 15.5 Å². The fourth-order valence-electron chi connectivity index (χ4n) is 4.96. The van der Waals surface area contributed by atoms with Crippen molar-refractivity contribution in [1.29, 1.82) is 0 Å². The van der Waals surface area contributed by atoms with E-state index in [-0.39, 0.29) is 0 Å². The Kier molecular flexibility index (Phi) is 6.23. The molecule has 1 fully saturated rings. The van der Waals surface area contributed by atoms with E-state index in [2.05, 4.69) is 75.8 Å². The maximum atomic E-state index is 5.57. The van der Waals surface area contributed by atoms with E-state index in [1.165, 1.54) is 16.3 Å². The van der Waals surface area contributed by atoms with Crippen molar-refractivity contribution in [1.82, 2.24) is 29.6 Å². The molecule has 0 unspecified atom stereocenters. The largest absolute Gasteiger partial charge is 0.378 e. The van der Waals surface area contributed by atoms with Gasteiger partial charge in [-0.1, -0.05) is 18.2 Å². The van der Waals surface area contributed by atoms with Crippen molar-refractivity contribution in [3.8, 4) is 11.3 Å². The van der Waals surface area contributed by atoms with Crippen molar-refractivity contribution >= 4 is 39.3 Å². The van der Waals surface area contributed by atoms with Crippen LogP contribution in [0.25, 0.3) is 33.1 Å². The zero-order valence-corrected chi connectivity index (χ0v) is 21.5. The van der Waals surface area contributed by atoms with Crippen LogP contribution in [0.2, 0.25) is 0 Å². The first-order valence-electron chi connectivity index (χ1n) is 12.7. The van der Waals surface area contributed by atoms with Gasteiger partial charge in [0.2, 0.25) is 5.95 Å². The van der Waals surface area contributed by atoms with E-state index in [1.54, 1.807) is 0 Å². The number of fused-ring (bicyclic) bond motifs is 2. The number of benzene rings is 2. The quantitative estimate of drug-likeness (QED) is 0.354. The highest BCUT2D eigenvalue weighted by atomic mass is 16.5. The van der Waals surface area contributed by atoms with Gasteiger partial charge in [0.05, 0.1) is 30.1 Å². The second-order valence-electron chi connectivity index (χ2n) is 9.52. The van der Waals surface area contributed by atoms with Crippen LogP contribution in [0, 0.1) is 0 Å². The van der Waals surface area contributed by atoms with Crippen LogP contribution in [0.3, 0.4) is 0 Å². The first-order valence-corrected chi connectivity index (χ1v) is 12.7. The predicted octanol–water partition coefficient (Wildman–Crippen LogP) is 3.86. The van der Waals surface area contributed by atoms with E-state index >= 15 is 0 Å². The molecule has 0 aliphatic carbocycles. The highest BCUT2D eigenvalue weighted by molar-refractivity contribution is 5.87. The highest BCUT2D eigenvalue weighted by Gasteiger charge is 2.18. The average Bonchev–Trinajstić information content (AvgIpc) is 3.46. The van der Waals surface area contributed by atoms with Gasteiger partial charge in [-0.2, -0.15) is 10.1 Å². The van der Waals surface area contributed by atoms with Gasteiger partial charge in [0.15, 0.2) is 0 Å². The van der Waals surface area contributed by atoms with E-state index in [9.17, 15) is 0 Å². The molecule has 9 nitrogen and oxygen atoms in total. The van der Waals surface area contributed by atoms with Crippen molar-refractivity contribution < 1.29 is 4.74 Å². The lowest BCUT2D eigenvalue weighted by atomic mass is 10.1. The van der Waals surface area contributed by atoms with Crippen LogP contribution in [0.5, 0.6) is 0 Å². The first kappa shape index (κ1) is 23.4. The maximum Gasteiger partial charge on any atom is 0.228 e. The van der Waals surface area contributed by atoms with Crippen molar-refractivity contribution in [2.24, 2.45) is 14.1 Å².